The minimum Gasteiger partial charge on any atom is -0.374 e. The van der Waals surface area contributed by atoms with Gasteiger partial charge in [-0.3, -0.25) is 4.79 Å². The summed E-state index contributed by atoms with van der Waals surface area (Å²) >= 11 is 0. The smallest absolute Gasteiger partial charge is 0.241 e. The molecule has 0 aliphatic heterocycles. The number of aryl methyl sites for hydroxylation is 2. The molecule has 0 bridgehead atoms. The van der Waals surface area contributed by atoms with E-state index in [1.54, 1.807) is 7.05 Å². The predicted molar refractivity (Wildman–Crippen MR) is 63.1 cm³/mol. The first-order valence-electron chi connectivity index (χ1n) is 5.10. The van der Waals surface area contributed by atoms with E-state index in [0.717, 1.165) is 11.3 Å². The second kappa shape index (κ2) is 4.82. The lowest BCUT2D eigenvalue weighted by Gasteiger charge is -2.16. The zero-order chi connectivity index (χ0) is 11.4. The van der Waals surface area contributed by atoms with Crippen LogP contribution < -0.4 is 10.6 Å². The minimum absolute atomic E-state index is 0.00379. The number of carbonyl (C=O) groups is 1. The Bertz CT molecular complexity index is 361. The Balaban J connectivity index is 2.80. The Hall–Kier alpha value is -1.51. The van der Waals surface area contributed by atoms with Crippen molar-refractivity contribution in [2.45, 2.75) is 26.8 Å². The van der Waals surface area contributed by atoms with Crippen molar-refractivity contribution < 1.29 is 4.79 Å². The largest absolute Gasteiger partial charge is 0.374 e. The van der Waals surface area contributed by atoms with Gasteiger partial charge in [-0.2, -0.15) is 0 Å². The molecule has 1 aromatic carbocycles. The first-order chi connectivity index (χ1) is 7.04. The Morgan fingerprint density at radius 3 is 2.60 bits per heavy atom. The summed E-state index contributed by atoms with van der Waals surface area (Å²) in [7, 11) is 1.64. The van der Waals surface area contributed by atoms with Gasteiger partial charge in [0.25, 0.3) is 0 Å². The number of rotatable bonds is 3. The highest BCUT2D eigenvalue weighted by molar-refractivity contribution is 5.84. The molecule has 0 aliphatic rings. The van der Waals surface area contributed by atoms with Crippen LogP contribution in [0.25, 0.3) is 0 Å². The molecule has 0 radical (unpaired) electrons. The van der Waals surface area contributed by atoms with Gasteiger partial charge in [0.1, 0.15) is 6.04 Å². The van der Waals surface area contributed by atoms with E-state index in [4.69, 9.17) is 0 Å². The van der Waals surface area contributed by atoms with Crippen LogP contribution >= 0.6 is 0 Å². The van der Waals surface area contributed by atoms with Crippen LogP contribution in [0.2, 0.25) is 0 Å². The molecule has 1 aromatic rings. The zero-order valence-corrected chi connectivity index (χ0v) is 9.72. The standard InChI is InChI=1S/C12H18N2O/c1-8-5-6-9(2)11(7-8)14-10(3)12(15)13-4/h5-7,10,14H,1-4H3,(H,13,15)/t10-/m1/s1. The lowest BCUT2D eigenvalue weighted by atomic mass is 10.1. The summed E-state index contributed by atoms with van der Waals surface area (Å²) < 4.78 is 0. The third kappa shape index (κ3) is 2.98. The molecule has 0 saturated heterocycles. The third-order valence-electron chi connectivity index (χ3n) is 2.40. The number of hydrogen-bond acceptors (Lipinski definition) is 2. The Morgan fingerprint density at radius 1 is 1.33 bits per heavy atom. The number of amides is 1. The quantitative estimate of drug-likeness (QED) is 0.792. The first-order valence-corrected chi connectivity index (χ1v) is 5.10. The van der Waals surface area contributed by atoms with Crippen LogP contribution in [0.4, 0.5) is 5.69 Å². The van der Waals surface area contributed by atoms with Crippen LogP contribution in [0.15, 0.2) is 18.2 Å². The molecule has 3 nitrogen and oxygen atoms in total. The van der Waals surface area contributed by atoms with E-state index in [9.17, 15) is 4.79 Å². The minimum atomic E-state index is -0.213. The number of anilines is 1. The van der Waals surface area contributed by atoms with Crippen molar-refractivity contribution in [1.82, 2.24) is 5.32 Å². The van der Waals surface area contributed by atoms with Gasteiger partial charge in [-0.1, -0.05) is 12.1 Å². The predicted octanol–water partition coefficient (Wildman–Crippen LogP) is 1.85. The summed E-state index contributed by atoms with van der Waals surface area (Å²) in [5.41, 5.74) is 3.36. The van der Waals surface area contributed by atoms with Gasteiger partial charge in [-0.05, 0) is 38.0 Å². The van der Waals surface area contributed by atoms with Gasteiger partial charge in [0.15, 0.2) is 0 Å². The van der Waals surface area contributed by atoms with Gasteiger partial charge >= 0.3 is 0 Å². The molecule has 0 aliphatic carbocycles. The fourth-order valence-electron chi connectivity index (χ4n) is 1.41. The zero-order valence-electron chi connectivity index (χ0n) is 9.72. The van der Waals surface area contributed by atoms with Crippen LogP contribution in [-0.2, 0) is 4.79 Å². The van der Waals surface area contributed by atoms with Gasteiger partial charge in [0.2, 0.25) is 5.91 Å². The SMILES string of the molecule is CNC(=O)[C@@H](C)Nc1cc(C)ccc1C. The Morgan fingerprint density at radius 2 is 2.00 bits per heavy atom. The molecule has 0 aromatic heterocycles. The fourth-order valence-corrected chi connectivity index (χ4v) is 1.41. The summed E-state index contributed by atoms with van der Waals surface area (Å²) in [6, 6.07) is 5.95. The van der Waals surface area contributed by atoms with E-state index >= 15 is 0 Å². The van der Waals surface area contributed by atoms with Gasteiger partial charge in [-0.15, -0.1) is 0 Å². The highest BCUT2D eigenvalue weighted by atomic mass is 16.2. The first kappa shape index (κ1) is 11.6. The molecule has 1 atom stereocenters. The van der Waals surface area contributed by atoms with Gasteiger partial charge in [0.05, 0.1) is 0 Å². The highest BCUT2D eigenvalue weighted by Gasteiger charge is 2.11. The molecule has 3 heteroatoms. The lowest BCUT2D eigenvalue weighted by molar-refractivity contribution is -0.121. The number of hydrogen-bond donors (Lipinski definition) is 2. The van der Waals surface area contributed by atoms with Crippen molar-refractivity contribution in [3.05, 3.63) is 29.3 Å². The Labute approximate surface area is 90.9 Å². The van der Waals surface area contributed by atoms with Crippen molar-refractivity contribution in [1.29, 1.82) is 0 Å². The average molecular weight is 206 g/mol. The molecule has 0 fully saturated rings. The van der Waals surface area contributed by atoms with Crippen molar-refractivity contribution >= 4 is 11.6 Å². The van der Waals surface area contributed by atoms with Crippen LogP contribution in [0.1, 0.15) is 18.1 Å². The average Bonchev–Trinajstić information content (AvgIpc) is 2.22. The van der Waals surface area contributed by atoms with E-state index in [2.05, 4.69) is 22.8 Å². The molecule has 0 unspecified atom stereocenters. The molecule has 1 amide bonds. The molecule has 82 valence electrons. The Kier molecular flexibility index (Phi) is 3.72. The number of benzene rings is 1. The molecule has 2 N–H and O–H groups in total. The molecule has 0 saturated carbocycles. The maximum atomic E-state index is 11.3. The maximum absolute atomic E-state index is 11.3. The van der Waals surface area contributed by atoms with Crippen molar-refractivity contribution in [2.24, 2.45) is 0 Å². The topological polar surface area (TPSA) is 41.1 Å². The molecular weight excluding hydrogens is 188 g/mol. The third-order valence-corrected chi connectivity index (χ3v) is 2.40. The van der Waals surface area contributed by atoms with E-state index in [1.807, 2.05) is 26.8 Å². The summed E-state index contributed by atoms with van der Waals surface area (Å²) in [5.74, 6) is -0.00379. The van der Waals surface area contributed by atoms with Crippen LogP contribution in [0, 0.1) is 13.8 Å². The number of nitrogens with one attached hydrogen (secondary N) is 2. The van der Waals surface area contributed by atoms with Crippen molar-refractivity contribution in [3.8, 4) is 0 Å². The summed E-state index contributed by atoms with van der Waals surface area (Å²) in [6.45, 7) is 5.91. The molecular formula is C12H18N2O. The van der Waals surface area contributed by atoms with Gasteiger partial charge < -0.3 is 10.6 Å². The molecule has 15 heavy (non-hydrogen) atoms. The lowest BCUT2D eigenvalue weighted by Crippen LogP contribution is -2.35. The fraction of sp³-hybridized carbons (Fsp3) is 0.417. The van der Waals surface area contributed by atoms with Gasteiger partial charge in [0, 0.05) is 12.7 Å². The molecule has 0 spiro atoms. The molecule has 0 heterocycles. The maximum Gasteiger partial charge on any atom is 0.241 e. The van der Waals surface area contributed by atoms with Crippen LogP contribution in [0.3, 0.4) is 0 Å². The van der Waals surface area contributed by atoms with E-state index < -0.39 is 0 Å². The second-order valence-corrected chi connectivity index (χ2v) is 3.80. The van der Waals surface area contributed by atoms with E-state index in [0.29, 0.717) is 0 Å². The summed E-state index contributed by atoms with van der Waals surface area (Å²) in [4.78, 5) is 11.3. The number of carbonyl (C=O) groups excluding carboxylic acids is 1. The second-order valence-electron chi connectivity index (χ2n) is 3.80. The molecule has 1 rings (SSSR count). The van der Waals surface area contributed by atoms with Crippen molar-refractivity contribution in [2.75, 3.05) is 12.4 Å². The summed E-state index contributed by atoms with van der Waals surface area (Å²) in [5, 5.41) is 5.81. The van der Waals surface area contributed by atoms with Crippen LogP contribution in [-0.4, -0.2) is 19.0 Å². The summed E-state index contributed by atoms with van der Waals surface area (Å²) in [6.07, 6.45) is 0. The number of likely N-dealkylation sites (N-methyl/N-ethyl adjacent to an activating group) is 1. The highest BCUT2D eigenvalue weighted by Crippen LogP contribution is 2.17. The van der Waals surface area contributed by atoms with Crippen LogP contribution in [0.5, 0.6) is 0 Å². The normalized spacial score (nSPS) is 12.0. The van der Waals surface area contributed by atoms with Crippen molar-refractivity contribution in [3.63, 3.8) is 0 Å². The van der Waals surface area contributed by atoms with Gasteiger partial charge in [-0.25, -0.2) is 0 Å². The van der Waals surface area contributed by atoms with E-state index in [-0.39, 0.29) is 11.9 Å². The van der Waals surface area contributed by atoms with E-state index in [1.165, 1.54) is 5.56 Å². The monoisotopic (exact) mass is 206 g/mol.